The van der Waals surface area contributed by atoms with E-state index in [4.69, 9.17) is 5.11 Å². The Labute approximate surface area is 182 Å². The molecule has 31 heavy (non-hydrogen) atoms. The molecule has 2 aromatic carbocycles. The molecule has 0 aliphatic carbocycles. The summed E-state index contributed by atoms with van der Waals surface area (Å²) in [5.74, 6) is -0.211. The Bertz CT molecular complexity index is 912. The fourth-order valence-corrected chi connectivity index (χ4v) is 3.91. The van der Waals surface area contributed by atoms with Crippen molar-refractivity contribution in [3.63, 3.8) is 0 Å². The first-order valence-electron chi connectivity index (χ1n) is 10.6. The second-order valence-corrected chi connectivity index (χ2v) is 8.08. The molecule has 1 heterocycles. The lowest BCUT2D eigenvalue weighted by Crippen LogP contribution is -2.49. The van der Waals surface area contributed by atoms with E-state index < -0.39 is 18.0 Å². The number of carboxylic acid groups (broad SMARTS) is 1. The predicted octanol–water partition coefficient (Wildman–Crippen LogP) is 3.27. The highest BCUT2D eigenvalue weighted by Gasteiger charge is 2.35. The van der Waals surface area contributed by atoms with Crippen LogP contribution in [0.5, 0.6) is 0 Å². The van der Waals surface area contributed by atoms with Crippen LogP contribution in [0.4, 0.5) is 4.79 Å². The second kappa shape index (κ2) is 10.1. The van der Waals surface area contributed by atoms with Crippen LogP contribution in [-0.4, -0.2) is 47.0 Å². The van der Waals surface area contributed by atoms with Crippen molar-refractivity contribution >= 4 is 17.9 Å². The van der Waals surface area contributed by atoms with Gasteiger partial charge in [-0.25, -0.2) is 4.79 Å². The fourth-order valence-electron chi connectivity index (χ4n) is 3.91. The van der Waals surface area contributed by atoms with E-state index in [2.05, 4.69) is 36.6 Å². The number of likely N-dealkylation sites (tertiary alicyclic amines) is 1. The van der Waals surface area contributed by atoms with Crippen molar-refractivity contribution in [1.29, 1.82) is 0 Å². The summed E-state index contributed by atoms with van der Waals surface area (Å²) in [4.78, 5) is 37.8. The molecule has 1 aliphatic rings. The zero-order valence-electron chi connectivity index (χ0n) is 17.9. The number of rotatable bonds is 7. The molecule has 3 amide bonds. The number of carbonyl (C=O) groups excluding carboxylic acids is 2. The van der Waals surface area contributed by atoms with Crippen molar-refractivity contribution in [2.24, 2.45) is 0 Å². The first kappa shape index (κ1) is 22.3. The number of carbonyl (C=O) groups is 3. The van der Waals surface area contributed by atoms with Gasteiger partial charge in [0, 0.05) is 6.54 Å². The Morgan fingerprint density at radius 3 is 2.23 bits per heavy atom. The predicted molar refractivity (Wildman–Crippen MR) is 118 cm³/mol. The normalized spacial score (nSPS) is 16.7. The van der Waals surface area contributed by atoms with Crippen LogP contribution in [0.3, 0.4) is 0 Å². The molecule has 0 spiro atoms. The number of benzene rings is 2. The quantitative estimate of drug-likeness (QED) is 0.636. The molecular weight excluding hydrogens is 394 g/mol. The molecule has 1 saturated heterocycles. The van der Waals surface area contributed by atoms with Gasteiger partial charge in [0.2, 0.25) is 11.8 Å². The summed E-state index contributed by atoms with van der Waals surface area (Å²) in [7, 11) is 0. The van der Waals surface area contributed by atoms with Gasteiger partial charge in [0.25, 0.3) is 0 Å². The van der Waals surface area contributed by atoms with Gasteiger partial charge in [-0.3, -0.25) is 9.59 Å². The average Bonchev–Trinajstić information content (AvgIpc) is 3.26. The van der Waals surface area contributed by atoms with E-state index >= 15 is 0 Å². The van der Waals surface area contributed by atoms with Crippen molar-refractivity contribution in [3.05, 3.63) is 71.3 Å². The third-order valence-corrected chi connectivity index (χ3v) is 5.62. The van der Waals surface area contributed by atoms with Gasteiger partial charge in [-0.15, -0.1) is 0 Å². The van der Waals surface area contributed by atoms with Crippen LogP contribution >= 0.6 is 0 Å². The molecule has 2 aromatic rings. The number of amides is 3. The summed E-state index contributed by atoms with van der Waals surface area (Å²) in [5.41, 5.74) is 3.14. The van der Waals surface area contributed by atoms with Crippen LogP contribution in [0.25, 0.3) is 0 Å². The smallest absolute Gasteiger partial charge is 0.405 e. The lowest BCUT2D eigenvalue weighted by Gasteiger charge is -2.27. The van der Waals surface area contributed by atoms with Gasteiger partial charge in [0.15, 0.2) is 0 Å². The van der Waals surface area contributed by atoms with Gasteiger partial charge in [0.1, 0.15) is 12.6 Å². The fraction of sp³-hybridized carbons (Fsp3) is 0.375. The van der Waals surface area contributed by atoms with Crippen LogP contribution in [0.2, 0.25) is 0 Å². The summed E-state index contributed by atoms with van der Waals surface area (Å²) in [6.07, 6.45) is -0.00318. The van der Waals surface area contributed by atoms with Gasteiger partial charge in [-0.1, -0.05) is 68.4 Å². The maximum absolute atomic E-state index is 13.2. The molecule has 0 saturated carbocycles. The minimum absolute atomic E-state index is 0.233. The lowest BCUT2D eigenvalue weighted by molar-refractivity contribution is -0.137. The number of nitrogens with one attached hydrogen (secondary N) is 2. The highest BCUT2D eigenvalue weighted by molar-refractivity contribution is 5.90. The summed E-state index contributed by atoms with van der Waals surface area (Å²) < 4.78 is 0. The molecule has 7 nitrogen and oxygen atoms in total. The summed E-state index contributed by atoms with van der Waals surface area (Å²) in [6, 6.07) is 17.0. The van der Waals surface area contributed by atoms with Crippen molar-refractivity contribution in [1.82, 2.24) is 15.5 Å². The highest BCUT2D eigenvalue weighted by atomic mass is 16.4. The first-order valence-corrected chi connectivity index (χ1v) is 10.6. The van der Waals surface area contributed by atoms with Crippen molar-refractivity contribution < 1.29 is 19.5 Å². The van der Waals surface area contributed by atoms with Crippen LogP contribution < -0.4 is 10.6 Å². The van der Waals surface area contributed by atoms with Gasteiger partial charge in [-0.2, -0.15) is 0 Å². The SMILES string of the molecule is CC(C)c1ccc(C(NC(=O)C2CCCN2C(=O)CNC(=O)O)c2ccccc2)cc1. The Kier molecular flexibility index (Phi) is 7.28. The van der Waals surface area contributed by atoms with Crippen molar-refractivity contribution in [3.8, 4) is 0 Å². The van der Waals surface area contributed by atoms with E-state index in [-0.39, 0.29) is 18.5 Å². The number of hydrogen-bond donors (Lipinski definition) is 3. The van der Waals surface area contributed by atoms with Crippen LogP contribution in [0.15, 0.2) is 54.6 Å². The molecule has 0 aromatic heterocycles. The van der Waals surface area contributed by atoms with Crippen LogP contribution in [0, 0.1) is 0 Å². The van der Waals surface area contributed by atoms with Gasteiger partial charge in [-0.05, 0) is 35.4 Å². The van der Waals surface area contributed by atoms with E-state index in [1.807, 2.05) is 42.5 Å². The van der Waals surface area contributed by atoms with E-state index in [0.717, 1.165) is 11.1 Å². The molecule has 3 rings (SSSR count). The molecular formula is C24H29N3O4. The van der Waals surface area contributed by atoms with Crippen molar-refractivity contribution in [2.75, 3.05) is 13.1 Å². The molecule has 1 fully saturated rings. The lowest BCUT2D eigenvalue weighted by atomic mass is 9.95. The maximum Gasteiger partial charge on any atom is 0.405 e. The largest absolute Gasteiger partial charge is 0.465 e. The Morgan fingerprint density at radius 2 is 1.61 bits per heavy atom. The topological polar surface area (TPSA) is 98.7 Å². The summed E-state index contributed by atoms with van der Waals surface area (Å²) in [5, 5.41) is 13.9. The molecule has 2 atom stereocenters. The first-order chi connectivity index (χ1) is 14.9. The van der Waals surface area contributed by atoms with Crippen molar-refractivity contribution in [2.45, 2.75) is 44.7 Å². The van der Waals surface area contributed by atoms with E-state index in [1.54, 1.807) is 0 Å². The average molecular weight is 424 g/mol. The third-order valence-electron chi connectivity index (χ3n) is 5.62. The molecule has 7 heteroatoms. The molecule has 1 aliphatic heterocycles. The van der Waals surface area contributed by atoms with E-state index in [0.29, 0.717) is 25.3 Å². The Morgan fingerprint density at radius 1 is 1.00 bits per heavy atom. The third kappa shape index (κ3) is 5.63. The zero-order chi connectivity index (χ0) is 22.4. The Hall–Kier alpha value is -3.35. The minimum atomic E-state index is -1.26. The minimum Gasteiger partial charge on any atom is -0.465 e. The maximum atomic E-state index is 13.2. The summed E-state index contributed by atoms with van der Waals surface area (Å²) >= 11 is 0. The van der Waals surface area contributed by atoms with Gasteiger partial charge < -0.3 is 20.6 Å². The standard InChI is InChI=1S/C24H29N3O4/c1-16(2)17-10-12-19(13-11-17)22(18-7-4-3-5-8-18)26-23(29)20-9-6-14-27(20)21(28)15-25-24(30)31/h3-5,7-8,10-13,16,20,22,25H,6,9,14-15H2,1-2H3,(H,26,29)(H,30,31). The van der Waals surface area contributed by atoms with Crippen LogP contribution in [0.1, 0.15) is 55.3 Å². The molecule has 3 N–H and O–H groups in total. The monoisotopic (exact) mass is 423 g/mol. The molecule has 0 radical (unpaired) electrons. The second-order valence-electron chi connectivity index (χ2n) is 8.08. The highest BCUT2D eigenvalue weighted by Crippen LogP contribution is 2.26. The molecule has 2 unspecified atom stereocenters. The summed E-state index contributed by atoms with van der Waals surface area (Å²) in [6.45, 7) is 4.38. The number of nitrogens with zero attached hydrogens (tertiary/aromatic N) is 1. The van der Waals surface area contributed by atoms with Gasteiger partial charge >= 0.3 is 6.09 Å². The molecule has 0 bridgehead atoms. The molecule has 164 valence electrons. The Balaban J connectivity index is 1.79. The zero-order valence-corrected chi connectivity index (χ0v) is 17.9. The van der Waals surface area contributed by atoms with Crippen LogP contribution in [-0.2, 0) is 9.59 Å². The van der Waals surface area contributed by atoms with E-state index in [9.17, 15) is 14.4 Å². The van der Waals surface area contributed by atoms with E-state index in [1.165, 1.54) is 10.5 Å². The van der Waals surface area contributed by atoms with Gasteiger partial charge in [0.05, 0.1) is 6.04 Å². The number of hydrogen-bond acceptors (Lipinski definition) is 3.